The molecule has 156 valence electrons. The predicted octanol–water partition coefficient (Wildman–Crippen LogP) is 3.66. The van der Waals surface area contributed by atoms with Gasteiger partial charge in [0.25, 0.3) is 0 Å². The monoisotopic (exact) mass is 401 g/mol. The van der Waals surface area contributed by atoms with Gasteiger partial charge in [0.15, 0.2) is 6.10 Å². The molecule has 1 aromatic rings. The Labute approximate surface area is 170 Å². The molecule has 5 nitrogen and oxygen atoms in total. The molecule has 4 bridgehead atoms. The zero-order valence-corrected chi connectivity index (χ0v) is 16.8. The molecular formula is C23H28FNO4. The summed E-state index contributed by atoms with van der Waals surface area (Å²) in [5.74, 6) is 0.816. The molecular weight excluding hydrogens is 373 g/mol. The number of benzene rings is 1. The quantitative estimate of drug-likeness (QED) is 0.559. The maximum Gasteiger partial charge on any atom is 0.308 e. The van der Waals surface area contributed by atoms with Crippen molar-refractivity contribution in [2.24, 2.45) is 23.2 Å². The van der Waals surface area contributed by atoms with Gasteiger partial charge in [-0.05, 0) is 87.5 Å². The topological polar surface area (TPSA) is 72.5 Å². The minimum Gasteiger partial charge on any atom is -0.454 e. The summed E-state index contributed by atoms with van der Waals surface area (Å²) in [7, 11) is 0. The van der Waals surface area contributed by atoms with Crippen LogP contribution >= 0.6 is 0 Å². The van der Waals surface area contributed by atoms with Crippen LogP contribution in [-0.2, 0) is 14.3 Å². The van der Waals surface area contributed by atoms with E-state index in [0.29, 0.717) is 23.3 Å². The molecule has 0 unspecified atom stereocenters. The number of amides is 1. The third-order valence-corrected chi connectivity index (χ3v) is 6.94. The van der Waals surface area contributed by atoms with Crippen molar-refractivity contribution in [1.82, 2.24) is 5.32 Å². The highest BCUT2D eigenvalue weighted by molar-refractivity contribution is 6.00. The smallest absolute Gasteiger partial charge is 0.308 e. The Kier molecular flexibility index (Phi) is 5.45. The van der Waals surface area contributed by atoms with Gasteiger partial charge in [-0.3, -0.25) is 14.4 Å². The van der Waals surface area contributed by atoms with Crippen LogP contribution in [-0.4, -0.2) is 30.3 Å². The number of ether oxygens (including phenoxy) is 1. The molecule has 1 atom stereocenters. The zero-order valence-electron chi connectivity index (χ0n) is 16.8. The second-order valence-corrected chi connectivity index (χ2v) is 9.21. The fourth-order valence-electron chi connectivity index (χ4n) is 6.01. The average molecular weight is 401 g/mol. The molecule has 29 heavy (non-hydrogen) atoms. The Morgan fingerprint density at radius 1 is 1.07 bits per heavy atom. The second kappa shape index (κ2) is 7.88. The van der Waals surface area contributed by atoms with Crippen molar-refractivity contribution in [3.05, 3.63) is 35.6 Å². The minimum absolute atomic E-state index is 0.0269. The van der Waals surface area contributed by atoms with Gasteiger partial charge in [0.05, 0.1) is 6.42 Å². The van der Waals surface area contributed by atoms with Crippen molar-refractivity contribution >= 4 is 17.7 Å². The predicted molar refractivity (Wildman–Crippen MR) is 105 cm³/mol. The van der Waals surface area contributed by atoms with Gasteiger partial charge in [-0.2, -0.15) is 0 Å². The van der Waals surface area contributed by atoms with Crippen LogP contribution in [0.25, 0.3) is 0 Å². The molecule has 6 heteroatoms. The van der Waals surface area contributed by atoms with E-state index < -0.39 is 17.9 Å². The highest BCUT2D eigenvalue weighted by atomic mass is 19.1. The third-order valence-electron chi connectivity index (χ3n) is 6.94. The van der Waals surface area contributed by atoms with Gasteiger partial charge in [-0.25, -0.2) is 4.39 Å². The Bertz CT molecular complexity index is 768. The molecule has 0 saturated heterocycles. The van der Waals surface area contributed by atoms with Crippen molar-refractivity contribution in [3.63, 3.8) is 0 Å². The van der Waals surface area contributed by atoms with Crippen LogP contribution < -0.4 is 5.32 Å². The number of hydrogen-bond donors (Lipinski definition) is 1. The number of carbonyl (C=O) groups is 3. The number of halogens is 1. The first-order valence-corrected chi connectivity index (χ1v) is 10.6. The molecule has 1 N–H and O–H groups in total. The molecule has 5 rings (SSSR count). The van der Waals surface area contributed by atoms with Crippen LogP contribution in [0.15, 0.2) is 24.3 Å². The van der Waals surface area contributed by atoms with E-state index in [2.05, 4.69) is 5.32 Å². The van der Waals surface area contributed by atoms with Crippen LogP contribution in [0, 0.1) is 29.0 Å². The number of carbonyl (C=O) groups excluding carboxylic acids is 3. The fourth-order valence-corrected chi connectivity index (χ4v) is 6.01. The van der Waals surface area contributed by atoms with Crippen LogP contribution in [0.5, 0.6) is 0 Å². The van der Waals surface area contributed by atoms with E-state index in [1.165, 1.54) is 50.5 Å². The molecule has 0 heterocycles. The summed E-state index contributed by atoms with van der Waals surface area (Å²) < 4.78 is 18.2. The van der Waals surface area contributed by atoms with E-state index in [4.69, 9.17) is 4.74 Å². The first kappa shape index (κ1) is 20.0. The van der Waals surface area contributed by atoms with Gasteiger partial charge in [0, 0.05) is 17.5 Å². The Morgan fingerprint density at radius 3 is 2.17 bits per heavy atom. The lowest BCUT2D eigenvalue weighted by molar-refractivity contribution is -0.148. The van der Waals surface area contributed by atoms with Gasteiger partial charge in [-0.15, -0.1) is 0 Å². The molecule has 4 aliphatic carbocycles. The summed E-state index contributed by atoms with van der Waals surface area (Å²) >= 11 is 0. The van der Waals surface area contributed by atoms with E-state index in [0.717, 1.165) is 19.3 Å². The summed E-state index contributed by atoms with van der Waals surface area (Å²) in [6, 6.07) is 5.13. The van der Waals surface area contributed by atoms with Crippen LogP contribution in [0.4, 0.5) is 4.39 Å². The lowest BCUT2D eigenvalue weighted by atomic mass is 9.49. The molecule has 1 amide bonds. The number of ketones is 1. The normalized spacial score (nSPS) is 30.6. The third kappa shape index (κ3) is 4.21. The lowest BCUT2D eigenvalue weighted by Crippen LogP contribution is -2.53. The fraction of sp³-hybridized carbons (Fsp3) is 0.609. The van der Waals surface area contributed by atoms with Gasteiger partial charge in [0.2, 0.25) is 11.7 Å². The van der Waals surface area contributed by atoms with E-state index in [9.17, 15) is 18.8 Å². The molecule has 0 aliphatic heterocycles. The standard InChI is InChI=1S/C23H28FNO4/c1-14(21(27)18-2-4-19(24)5-3-18)29-20(26)6-7-25-22(28)23-11-15-8-16(12-23)10-17(9-15)13-23/h2-5,14-17H,6-13H2,1H3,(H,25,28)/t14-,15?,16?,17?,23?/m1/s1. The summed E-state index contributed by atoms with van der Waals surface area (Å²) in [6.07, 6.45) is 5.86. The summed E-state index contributed by atoms with van der Waals surface area (Å²) in [5, 5.41) is 2.94. The maximum absolute atomic E-state index is 13.0. The number of esters is 1. The number of Topliss-reactive ketones (excluding diaryl/α,β-unsaturated/α-hetero) is 1. The number of nitrogens with one attached hydrogen (secondary N) is 1. The molecule has 4 aliphatic rings. The van der Waals surface area contributed by atoms with Gasteiger partial charge < -0.3 is 10.1 Å². The van der Waals surface area contributed by atoms with Crippen molar-refractivity contribution in [2.45, 2.75) is 58.0 Å². The van der Waals surface area contributed by atoms with Crippen molar-refractivity contribution < 1.29 is 23.5 Å². The maximum atomic E-state index is 13.0. The van der Waals surface area contributed by atoms with Gasteiger partial charge in [-0.1, -0.05) is 0 Å². The summed E-state index contributed by atoms with van der Waals surface area (Å²) in [4.78, 5) is 37.2. The highest BCUT2D eigenvalue weighted by Gasteiger charge is 2.54. The lowest BCUT2D eigenvalue weighted by Gasteiger charge is -2.55. The zero-order chi connectivity index (χ0) is 20.6. The molecule has 0 radical (unpaired) electrons. The first-order chi connectivity index (χ1) is 13.8. The molecule has 0 aromatic heterocycles. The van der Waals surface area contributed by atoms with Gasteiger partial charge >= 0.3 is 5.97 Å². The van der Waals surface area contributed by atoms with Crippen molar-refractivity contribution in [1.29, 1.82) is 0 Å². The Morgan fingerprint density at radius 2 is 1.62 bits per heavy atom. The van der Waals surface area contributed by atoms with Gasteiger partial charge in [0.1, 0.15) is 5.82 Å². The van der Waals surface area contributed by atoms with Crippen LogP contribution in [0.2, 0.25) is 0 Å². The first-order valence-electron chi connectivity index (χ1n) is 10.6. The van der Waals surface area contributed by atoms with E-state index in [1.54, 1.807) is 0 Å². The second-order valence-electron chi connectivity index (χ2n) is 9.21. The Balaban J connectivity index is 1.23. The summed E-state index contributed by atoms with van der Waals surface area (Å²) in [5.41, 5.74) is 0.0617. The molecule has 1 aromatic carbocycles. The SMILES string of the molecule is C[C@@H](OC(=O)CCNC(=O)C12CC3CC(CC(C3)C1)C2)C(=O)c1ccc(F)cc1. The van der Waals surface area contributed by atoms with Crippen LogP contribution in [0.1, 0.15) is 62.2 Å². The number of hydrogen-bond acceptors (Lipinski definition) is 4. The molecule has 4 fully saturated rings. The largest absolute Gasteiger partial charge is 0.454 e. The van der Waals surface area contributed by atoms with Crippen molar-refractivity contribution in [3.8, 4) is 0 Å². The Hall–Kier alpha value is -2.24. The van der Waals surface area contributed by atoms with E-state index in [1.807, 2.05) is 0 Å². The minimum atomic E-state index is -0.952. The molecule has 4 saturated carbocycles. The number of rotatable bonds is 7. The average Bonchev–Trinajstić information content (AvgIpc) is 2.66. The highest BCUT2D eigenvalue weighted by Crippen LogP contribution is 2.60. The van der Waals surface area contributed by atoms with Crippen LogP contribution in [0.3, 0.4) is 0 Å². The summed E-state index contributed by atoms with van der Waals surface area (Å²) in [6.45, 7) is 1.72. The van der Waals surface area contributed by atoms with E-state index >= 15 is 0 Å². The van der Waals surface area contributed by atoms with Crippen molar-refractivity contribution in [2.75, 3.05) is 6.54 Å². The molecule has 0 spiro atoms. The van der Waals surface area contributed by atoms with E-state index in [-0.39, 0.29) is 30.1 Å².